The number of ether oxygens (including phenoxy) is 1. The van der Waals surface area contributed by atoms with Crippen LogP contribution in [0.2, 0.25) is 0 Å². The molecule has 0 bridgehead atoms. The first-order valence-corrected chi connectivity index (χ1v) is 7.71. The number of nitrogens with zero attached hydrogens (tertiary/aromatic N) is 3. The Hall–Kier alpha value is -1.20. The highest BCUT2D eigenvalue weighted by molar-refractivity contribution is 5.35. The van der Waals surface area contributed by atoms with Gasteiger partial charge in [-0.15, -0.1) is 0 Å². The van der Waals surface area contributed by atoms with Gasteiger partial charge in [-0.2, -0.15) is 0 Å². The van der Waals surface area contributed by atoms with Gasteiger partial charge in [-0.3, -0.25) is 4.90 Å². The molecule has 2 aliphatic rings. The average Bonchev–Trinajstić information content (AvgIpc) is 2.94. The summed E-state index contributed by atoms with van der Waals surface area (Å²) >= 11 is 0. The zero-order chi connectivity index (χ0) is 13.9. The van der Waals surface area contributed by atoms with Crippen LogP contribution in [0.1, 0.15) is 43.8 Å². The van der Waals surface area contributed by atoms with Crippen molar-refractivity contribution in [2.24, 2.45) is 0 Å². The number of anilines is 1. The Bertz CT molecular complexity index is 465. The van der Waals surface area contributed by atoms with Crippen molar-refractivity contribution in [1.82, 2.24) is 14.9 Å². The van der Waals surface area contributed by atoms with E-state index >= 15 is 0 Å². The van der Waals surface area contributed by atoms with Crippen LogP contribution < -0.4 is 5.32 Å². The molecule has 2 unspecified atom stereocenters. The predicted octanol–water partition coefficient (Wildman–Crippen LogP) is 2.01. The summed E-state index contributed by atoms with van der Waals surface area (Å²) in [5.74, 6) is 1.73. The number of aryl methyl sites for hydroxylation is 1. The standard InChI is InChI=1S/C15H24N4O/c1-3-5-11-8-14(16-2)18-15(17-11)13-9-19-7-4-6-12(19)10-20-13/h8,12-13H,3-7,9-10H2,1-2H3,(H,16,17,18). The topological polar surface area (TPSA) is 50.3 Å². The highest BCUT2D eigenvalue weighted by Crippen LogP contribution is 2.29. The lowest BCUT2D eigenvalue weighted by Crippen LogP contribution is -2.42. The van der Waals surface area contributed by atoms with E-state index in [0.717, 1.165) is 43.3 Å². The third-order valence-electron chi connectivity index (χ3n) is 4.24. The van der Waals surface area contributed by atoms with Crippen LogP contribution in [0.5, 0.6) is 0 Å². The van der Waals surface area contributed by atoms with E-state index < -0.39 is 0 Å². The number of morpholine rings is 1. The number of nitrogens with one attached hydrogen (secondary N) is 1. The molecule has 0 amide bonds. The van der Waals surface area contributed by atoms with Crippen LogP contribution >= 0.6 is 0 Å². The van der Waals surface area contributed by atoms with Gasteiger partial charge in [-0.25, -0.2) is 9.97 Å². The molecule has 0 spiro atoms. The Labute approximate surface area is 120 Å². The van der Waals surface area contributed by atoms with Crippen LogP contribution in [0, 0.1) is 0 Å². The summed E-state index contributed by atoms with van der Waals surface area (Å²) in [6.45, 7) is 5.12. The summed E-state index contributed by atoms with van der Waals surface area (Å²) in [5, 5.41) is 3.13. The fourth-order valence-corrected chi connectivity index (χ4v) is 3.15. The number of hydrogen-bond donors (Lipinski definition) is 1. The van der Waals surface area contributed by atoms with Gasteiger partial charge in [-0.05, 0) is 25.8 Å². The van der Waals surface area contributed by atoms with Gasteiger partial charge in [0.15, 0.2) is 5.82 Å². The van der Waals surface area contributed by atoms with E-state index in [9.17, 15) is 0 Å². The molecule has 2 saturated heterocycles. The molecule has 0 aromatic carbocycles. The van der Waals surface area contributed by atoms with Gasteiger partial charge in [0.2, 0.25) is 0 Å². The highest BCUT2D eigenvalue weighted by atomic mass is 16.5. The van der Waals surface area contributed by atoms with E-state index in [2.05, 4.69) is 22.1 Å². The molecule has 2 fully saturated rings. The summed E-state index contributed by atoms with van der Waals surface area (Å²) < 4.78 is 6.02. The lowest BCUT2D eigenvalue weighted by Gasteiger charge is -2.34. The molecule has 1 aromatic rings. The predicted molar refractivity (Wildman–Crippen MR) is 78.9 cm³/mol. The summed E-state index contributed by atoms with van der Waals surface area (Å²) in [4.78, 5) is 11.8. The molecular formula is C15H24N4O. The summed E-state index contributed by atoms with van der Waals surface area (Å²) in [7, 11) is 1.90. The van der Waals surface area contributed by atoms with Gasteiger partial charge in [0.05, 0.1) is 6.61 Å². The molecule has 1 N–H and O–H groups in total. The van der Waals surface area contributed by atoms with Crippen molar-refractivity contribution in [2.75, 3.05) is 32.1 Å². The number of hydrogen-bond acceptors (Lipinski definition) is 5. The lowest BCUT2D eigenvalue weighted by molar-refractivity contribution is -0.0541. The smallest absolute Gasteiger partial charge is 0.161 e. The minimum atomic E-state index is 0.0215. The fourth-order valence-electron chi connectivity index (χ4n) is 3.15. The summed E-state index contributed by atoms with van der Waals surface area (Å²) in [5.41, 5.74) is 1.11. The lowest BCUT2D eigenvalue weighted by atomic mass is 10.1. The molecule has 3 heterocycles. The van der Waals surface area contributed by atoms with Gasteiger partial charge < -0.3 is 10.1 Å². The van der Waals surface area contributed by atoms with Crippen molar-refractivity contribution in [3.8, 4) is 0 Å². The van der Waals surface area contributed by atoms with E-state index in [0.29, 0.717) is 6.04 Å². The molecule has 0 radical (unpaired) electrons. The van der Waals surface area contributed by atoms with Crippen LogP contribution in [0.4, 0.5) is 5.82 Å². The normalized spacial score (nSPS) is 26.5. The summed E-state index contributed by atoms with van der Waals surface area (Å²) in [6.07, 6.45) is 4.67. The monoisotopic (exact) mass is 276 g/mol. The van der Waals surface area contributed by atoms with Crippen LogP contribution in [0.3, 0.4) is 0 Å². The Kier molecular flexibility index (Phi) is 4.17. The molecule has 3 rings (SSSR count). The first-order chi connectivity index (χ1) is 9.80. The van der Waals surface area contributed by atoms with Crippen LogP contribution in [-0.2, 0) is 11.2 Å². The number of fused-ring (bicyclic) bond motifs is 1. The van der Waals surface area contributed by atoms with E-state index in [1.807, 2.05) is 13.1 Å². The fraction of sp³-hybridized carbons (Fsp3) is 0.733. The van der Waals surface area contributed by atoms with E-state index in [1.54, 1.807) is 0 Å². The van der Waals surface area contributed by atoms with Crippen LogP contribution in [-0.4, -0.2) is 47.7 Å². The van der Waals surface area contributed by atoms with Gasteiger partial charge in [0, 0.05) is 31.4 Å². The maximum Gasteiger partial charge on any atom is 0.161 e. The van der Waals surface area contributed by atoms with E-state index in [1.165, 1.54) is 19.4 Å². The molecule has 0 saturated carbocycles. The Morgan fingerprint density at radius 3 is 3.15 bits per heavy atom. The third kappa shape index (κ3) is 2.79. The van der Waals surface area contributed by atoms with Crippen molar-refractivity contribution < 1.29 is 4.74 Å². The van der Waals surface area contributed by atoms with E-state index in [4.69, 9.17) is 9.72 Å². The Morgan fingerprint density at radius 2 is 2.35 bits per heavy atom. The number of rotatable bonds is 4. The van der Waals surface area contributed by atoms with E-state index in [-0.39, 0.29) is 6.10 Å². The second-order valence-electron chi connectivity index (χ2n) is 5.72. The van der Waals surface area contributed by atoms with Crippen molar-refractivity contribution in [3.05, 3.63) is 17.6 Å². The quantitative estimate of drug-likeness (QED) is 0.911. The SMILES string of the molecule is CCCc1cc(NC)nc(C2CN3CCCC3CO2)n1. The highest BCUT2D eigenvalue weighted by Gasteiger charge is 2.34. The molecule has 5 nitrogen and oxygen atoms in total. The molecule has 5 heteroatoms. The van der Waals surface area contributed by atoms with Gasteiger partial charge in [0.25, 0.3) is 0 Å². The molecule has 20 heavy (non-hydrogen) atoms. The van der Waals surface area contributed by atoms with Gasteiger partial charge in [-0.1, -0.05) is 13.3 Å². The molecule has 2 aliphatic heterocycles. The first kappa shape index (κ1) is 13.8. The maximum absolute atomic E-state index is 6.02. The largest absolute Gasteiger partial charge is 0.373 e. The summed E-state index contributed by atoms with van der Waals surface area (Å²) in [6, 6.07) is 2.66. The molecule has 1 aromatic heterocycles. The average molecular weight is 276 g/mol. The molecule has 0 aliphatic carbocycles. The Morgan fingerprint density at radius 1 is 1.45 bits per heavy atom. The van der Waals surface area contributed by atoms with Crippen LogP contribution in [0.25, 0.3) is 0 Å². The van der Waals surface area contributed by atoms with Gasteiger partial charge >= 0.3 is 0 Å². The minimum Gasteiger partial charge on any atom is -0.373 e. The van der Waals surface area contributed by atoms with Crippen molar-refractivity contribution in [2.45, 2.75) is 44.8 Å². The molecule has 110 valence electrons. The van der Waals surface area contributed by atoms with Crippen LogP contribution in [0.15, 0.2) is 6.07 Å². The van der Waals surface area contributed by atoms with Gasteiger partial charge in [0.1, 0.15) is 11.9 Å². The maximum atomic E-state index is 6.02. The second kappa shape index (κ2) is 6.06. The van der Waals surface area contributed by atoms with Crippen molar-refractivity contribution in [3.63, 3.8) is 0 Å². The van der Waals surface area contributed by atoms with Crippen molar-refractivity contribution in [1.29, 1.82) is 0 Å². The van der Waals surface area contributed by atoms with Crippen molar-refractivity contribution >= 4 is 5.82 Å². The molecule has 2 atom stereocenters. The molecular weight excluding hydrogens is 252 g/mol. The first-order valence-electron chi connectivity index (χ1n) is 7.71. The Balaban J connectivity index is 1.79. The second-order valence-corrected chi connectivity index (χ2v) is 5.72. The third-order valence-corrected chi connectivity index (χ3v) is 4.24. The zero-order valence-corrected chi connectivity index (χ0v) is 12.4. The minimum absolute atomic E-state index is 0.0215. The zero-order valence-electron chi connectivity index (χ0n) is 12.4. The number of aromatic nitrogens is 2.